The number of hydrogen-bond donors (Lipinski definition) is 1. The van der Waals surface area contributed by atoms with Crippen LogP contribution in [0.4, 0.5) is 0 Å². The van der Waals surface area contributed by atoms with Gasteiger partial charge in [0.2, 0.25) is 0 Å². The molecule has 1 heterocycles. The molecule has 0 bridgehead atoms. The lowest BCUT2D eigenvalue weighted by Gasteiger charge is -2.25. The molecule has 6 nitrogen and oxygen atoms in total. The molecule has 1 aromatic rings. The van der Waals surface area contributed by atoms with Gasteiger partial charge in [-0.3, -0.25) is 9.78 Å². The van der Waals surface area contributed by atoms with E-state index in [9.17, 15) is 4.79 Å². The Hall–Kier alpha value is -1.82. The molecule has 0 aromatic carbocycles. The molecule has 0 aliphatic heterocycles. The molecule has 106 valence electrons. The Bertz CT molecular complexity index is 450. The van der Waals surface area contributed by atoms with Gasteiger partial charge in [0.1, 0.15) is 0 Å². The predicted molar refractivity (Wildman–Crippen MR) is 70.2 cm³/mol. The van der Waals surface area contributed by atoms with Gasteiger partial charge in [-0.1, -0.05) is 0 Å². The van der Waals surface area contributed by atoms with Crippen molar-refractivity contribution in [3.63, 3.8) is 0 Å². The van der Waals surface area contributed by atoms with E-state index in [1.54, 1.807) is 26.3 Å². The average molecular weight is 268 g/mol. The Kier molecular flexibility index (Phi) is 5.11. The average Bonchev–Trinajstić information content (AvgIpc) is 2.45. The summed E-state index contributed by atoms with van der Waals surface area (Å²) in [5, 5.41) is 0. The molecule has 6 heteroatoms. The monoisotopic (exact) mass is 268 g/mol. The molecule has 0 amide bonds. The Morgan fingerprint density at radius 3 is 2.53 bits per heavy atom. The molecule has 0 saturated heterocycles. The number of nitrogens with two attached hydrogens (primary N) is 1. The predicted octanol–water partition coefficient (Wildman–Crippen LogP) is 0.779. The number of rotatable bonds is 6. The van der Waals surface area contributed by atoms with Crippen LogP contribution in [-0.2, 0) is 16.0 Å². The third-order valence-electron chi connectivity index (χ3n) is 3.05. The SMILES string of the molecule is COC(=O)C(C)(CN)Cc1nccc(OC)c1OC. The Morgan fingerprint density at radius 1 is 1.37 bits per heavy atom. The maximum Gasteiger partial charge on any atom is 0.313 e. The first-order valence-corrected chi connectivity index (χ1v) is 5.86. The summed E-state index contributed by atoms with van der Waals surface area (Å²) in [6.45, 7) is 1.89. The van der Waals surface area contributed by atoms with E-state index in [1.165, 1.54) is 14.2 Å². The van der Waals surface area contributed by atoms with Crippen molar-refractivity contribution in [1.29, 1.82) is 0 Å². The van der Waals surface area contributed by atoms with E-state index in [1.807, 2.05) is 0 Å². The van der Waals surface area contributed by atoms with E-state index < -0.39 is 5.41 Å². The molecular weight excluding hydrogens is 248 g/mol. The van der Waals surface area contributed by atoms with Crippen LogP contribution in [-0.4, -0.2) is 38.8 Å². The highest BCUT2D eigenvalue weighted by molar-refractivity contribution is 5.77. The Balaban J connectivity index is 3.13. The highest BCUT2D eigenvalue weighted by atomic mass is 16.5. The van der Waals surface area contributed by atoms with E-state index in [2.05, 4.69) is 4.98 Å². The number of nitrogens with zero attached hydrogens (tertiary/aromatic N) is 1. The van der Waals surface area contributed by atoms with Crippen molar-refractivity contribution >= 4 is 5.97 Å². The van der Waals surface area contributed by atoms with Gasteiger partial charge in [0.05, 0.1) is 32.4 Å². The zero-order chi connectivity index (χ0) is 14.5. The van der Waals surface area contributed by atoms with E-state index >= 15 is 0 Å². The first-order valence-electron chi connectivity index (χ1n) is 5.86. The van der Waals surface area contributed by atoms with E-state index in [0.717, 1.165) is 0 Å². The molecule has 0 fully saturated rings. The number of carbonyl (C=O) groups is 1. The first kappa shape index (κ1) is 15.2. The number of carbonyl (C=O) groups excluding carboxylic acids is 1. The second-order valence-corrected chi connectivity index (χ2v) is 4.43. The van der Waals surface area contributed by atoms with Crippen molar-refractivity contribution in [2.45, 2.75) is 13.3 Å². The van der Waals surface area contributed by atoms with Crippen LogP contribution in [0.25, 0.3) is 0 Å². The number of esters is 1. The third-order valence-corrected chi connectivity index (χ3v) is 3.05. The van der Waals surface area contributed by atoms with Crippen molar-refractivity contribution in [1.82, 2.24) is 4.98 Å². The van der Waals surface area contributed by atoms with Gasteiger partial charge in [0.25, 0.3) is 0 Å². The summed E-state index contributed by atoms with van der Waals surface area (Å²) >= 11 is 0. The van der Waals surface area contributed by atoms with Crippen molar-refractivity contribution in [2.75, 3.05) is 27.9 Å². The summed E-state index contributed by atoms with van der Waals surface area (Å²) in [6.07, 6.45) is 1.92. The second kappa shape index (κ2) is 6.38. The minimum atomic E-state index is -0.846. The van der Waals surface area contributed by atoms with Crippen molar-refractivity contribution in [3.05, 3.63) is 18.0 Å². The van der Waals surface area contributed by atoms with Crippen molar-refractivity contribution in [2.24, 2.45) is 11.1 Å². The van der Waals surface area contributed by atoms with Crippen LogP contribution in [0.3, 0.4) is 0 Å². The molecule has 1 unspecified atom stereocenters. The largest absolute Gasteiger partial charge is 0.493 e. The summed E-state index contributed by atoms with van der Waals surface area (Å²) in [7, 11) is 4.41. The summed E-state index contributed by atoms with van der Waals surface area (Å²) in [6, 6.07) is 1.69. The molecule has 2 N–H and O–H groups in total. The fourth-order valence-electron chi connectivity index (χ4n) is 1.82. The van der Waals surface area contributed by atoms with Crippen LogP contribution < -0.4 is 15.2 Å². The number of aromatic nitrogens is 1. The van der Waals surface area contributed by atoms with Crippen LogP contribution in [0, 0.1) is 5.41 Å². The zero-order valence-corrected chi connectivity index (χ0v) is 11.7. The lowest BCUT2D eigenvalue weighted by molar-refractivity contribution is -0.151. The number of methoxy groups -OCH3 is 3. The Labute approximate surface area is 112 Å². The summed E-state index contributed by atoms with van der Waals surface area (Å²) in [4.78, 5) is 16.1. The molecule has 1 rings (SSSR count). The molecule has 0 saturated carbocycles. The summed E-state index contributed by atoms with van der Waals surface area (Å²) in [5.74, 6) is 0.701. The lowest BCUT2D eigenvalue weighted by Crippen LogP contribution is -2.39. The minimum absolute atomic E-state index is 0.154. The maximum atomic E-state index is 11.8. The smallest absolute Gasteiger partial charge is 0.313 e. The van der Waals surface area contributed by atoms with E-state index in [4.69, 9.17) is 19.9 Å². The highest BCUT2D eigenvalue weighted by Crippen LogP contribution is 2.33. The first-order chi connectivity index (χ1) is 9.02. The van der Waals surface area contributed by atoms with Gasteiger partial charge in [-0.15, -0.1) is 0 Å². The lowest BCUT2D eigenvalue weighted by atomic mass is 9.85. The van der Waals surface area contributed by atoms with Gasteiger partial charge in [0.15, 0.2) is 11.5 Å². The topological polar surface area (TPSA) is 83.7 Å². The fraction of sp³-hybridized carbons (Fsp3) is 0.538. The molecule has 19 heavy (non-hydrogen) atoms. The minimum Gasteiger partial charge on any atom is -0.493 e. The standard InChI is InChI=1S/C13H20N2O4/c1-13(8-14,12(16)19-4)7-9-11(18-3)10(17-2)5-6-15-9/h5-6H,7-8,14H2,1-4H3. The van der Waals surface area contributed by atoms with Gasteiger partial charge in [0, 0.05) is 25.2 Å². The van der Waals surface area contributed by atoms with Crippen LogP contribution in [0.15, 0.2) is 12.3 Å². The molecule has 1 aromatic heterocycles. The van der Waals surface area contributed by atoms with Crippen LogP contribution in [0.1, 0.15) is 12.6 Å². The maximum absolute atomic E-state index is 11.8. The van der Waals surface area contributed by atoms with Gasteiger partial charge in [-0.05, 0) is 6.92 Å². The number of hydrogen-bond acceptors (Lipinski definition) is 6. The van der Waals surface area contributed by atoms with E-state index in [-0.39, 0.29) is 12.5 Å². The van der Waals surface area contributed by atoms with Gasteiger partial charge in [-0.25, -0.2) is 0 Å². The molecule has 1 atom stereocenters. The van der Waals surface area contributed by atoms with Crippen LogP contribution in [0.2, 0.25) is 0 Å². The Morgan fingerprint density at radius 2 is 2.05 bits per heavy atom. The zero-order valence-electron chi connectivity index (χ0n) is 11.7. The highest BCUT2D eigenvalue weighted by Gasteiger charge is 2.35. The molecule has 0 radical (unpaired) electrons. The molecule has 0 spiro atoms. The summed E-state index contributed by atoms with van der Waals surface area (Å²) in [5.41, 5.74) is 5.46. The number of pyridine rings is 1. The fourth-order valence-corrected chi connectivity index (χ4v) is 1.82. The van der Waals surface area contributed by atoms with Gasteiger partial charge < -0.3 is 19.9 Å². The van der Waals surface area contributed by atoms with Crippen LogP contribution >= 0.6 is 0 Å². The number of ether oxygens (including phenoxy) is 3. The molecule has 0 aliphatic rings. The van der Waals surface area contributed by atoms with Gasteiger partial charge >= 0.3 is 5.97 Å². The summed E-state index contributed by atoms with van der Waals surface area (Å²) < 4.78 is 15.3. The van der Waals surface area contributed by atoms with Gasteiger partial charge in [-0.2, -0.15) is 0 Å². The quantitative estimate of drug-likeness (QED) is 0.768. The van der Waals surface area contributed by atoms with Crippen molar-refractivity contribution in [3.8, 4) is 11.5 Å². The third kappa shape index (κ3) is 3.14. The normalized spacial score (nSPS) is 13.5. The molecular formula is C13H20N2O4. The molecule has 0 aliphatic carbocycles. The van der Waals surface area contributed by atoms with Crippen molar-refractivity contribution < 1.29 is 19.0 Å². The van der Waals surface area contributed by atoms with Crippen LogP contribution in [0.5, 0.6) is 11.5 Å². The van der Waals surface area contributed by atoms with E-state index in [0.29, 0.717) is 23.6 Å². The second-order valence-electron chi connectivity index (χ2n) is 4.43.